The van der Waals surface area contributed by atoms with E-state index in [4.69, 9.17) is 5.26 Å². The quantitative estimate of drug-likeness (QED) is 0.786. The standard InChI is InChI=1S/C11H20F3N3/c1-9(2)16-10(3,7-15)8-17(4)6-5-11(12,13)14/h9,16H,5-6,8H2,1-4H3. The van der Waals surface area contributed by atoms with Gasteiger partial charge in [0.2, 0.25) is 0 Å². The molecule has 0 saturated carbocycles. The molecule has 0 aromatic carbocycles. The second-order valence-electron chi connectivity index (χ2n) is 4.85. The summed E-state index contributed by atoms with van der Waals surface area (Å²) in [5.41, 5.74) is -0.825. The van der Waals surface area contributed by atoms with Crippen LogP contribution in [0.4, 0.5) is 13.2 Å². The molecule has 0 fully saturated rings. The smallest absolute Gasteiger partial charge is 0.303 e. The van der Waals surface area contributed by atoms with Crippen LogP contribution >= 0.6 is 0 Å². The number of nitrogens with zero attached hydrogens (tertiary/aromatic N) is 2. The summed E-state index contributed by atoms with van der Waals surface area (Å²) in [5.74, 6) is 0. The van der Waals surface area contributed by atoms with Crippen LogP contribution in [0.3, 0.4) is 0 Å². The van der Waals surface area contributed by atoms with Gasteiger partial charge in [0.25, 0.3) is 0 Å². The predicted octanol–water partition coefficient (Wildman–Crippen LogP) is 2.15. The van der Waals surface area contributed by atoms with Gasteiger partial charge in [-0.3, -0.25) is 5.32 Å². The van der Waals surface area contributed by atoms with Crippen LogP contribution in [0.15, 0.2) is 0 Å². The van der Waals surface area contributed by atoms with E-state index in [1.807, 2.05) is 13.8 Å². The van der Waals surface area contributed by atoms with Crippen LogP contribution < -0.4 is 5.32 Å². The first-order valence-electron chi connectivity index (χ1n) is 5.52. The van der Waals surface area contributed by atoms with Crippen molar-refractivity contribution in [3.8, 4) is 6.07 Å². The molecule has 0 amide bonds. The van der Waals surface area contributed by atoms with E-state index in [9.17, 15) is 13.2 Å². The number of rotatable bonds is 6. The van der Waals surface area contributed by atoms with Gasteiger partial charge in [-0.2, -0.15) is 18.4 Å². The molecule has 0 radical (unpaired) electrons. The van der Waals surface area contributed by atoms with Crippen molar-refractivity contribution in [3.63, 3.8) is 0 Å². The van der Waals surface area contributed by atoms with Gasteiger partial charge in [0, 0.05) is 19.1 Å². The molecule has 0 bridgehead atoms. The maximum Gasteiger partial charge on any atom is 0.390 e. The normalized spacial score (nSPS) is 16.0. The third kappa shape index (κ3) is 8.00. The second kappa shape index (κ2) is 6.22. The summed E-state index contributed by atoms with van der Waals surface area (Å²) in [6, 6.07) is 2.21. The molecule has 0 heterocycles. The van der Waals surface area contributed by atoms with Gasteiger partial charge in [-0.25, -0.2) is 0 Å². The number of halogens is 3. The molecule has 0 aliphatic rings. The number of alkyl halides is 3. The molecular formula is C11H20F3N3. The Kier molecular flexibility index (Phi) is 5.93. The van der Waals surface area contributed by atoms with Gasteiger partial charge < -0.3 is 4.90 Å². The Labute approximate surface area is 101 Å². The van der Waals surface area contributed by atoms with Crippen molar-refractivity contribution >= 4 is 0 Å². The van der Waals surface area contributed by atoms with Crippen molar-refractivity contribution in [1.82, 2.24) is 10.2 Å². The predicted molar refractivity (Wildman–Crippen MR) is 60.5 cm³/mol. The summed E-state index contributed by atoms with van der Waals surface area (Å²) in [6.45, 7) is 5.64. The molecule has 1 N–H and O–H groups in total. The molecule has 1 atom stereocenters. The van der Waals surface area contributed by atoms with Crippen LogP contribution in [0.2, 0.25) is 0 Å². The molecule has 0 aromatic heterocycles. The number of hydrogen-bond donors (Lipinski definition) is 1. The van der Waals surface area contributed by atoms with E-state index >= 15 is 0 Å². The highest BCUT2D eigenvalue weighted by molar-refractivity contribution is 5.06. The maximum absolute atomic E-state index is 12.0. The van der Waals surface area contributed by atoms with Gasteiger partial charge in [0.1, 0.15) is 5.54 Å². The van der Waals surface area contributed by atoms with Crippen LogP contribution in [0.25, 0.3) is 0 Å². The lowest BCUT2D eigenvalue weighted by Gasteiger charge is -2.30. The number of hydrogen-bond acceptors (Lipinski definition) is 3. The average Bonchev–Trinajstić information content (AvgIpc) is 2.12. The highest BCUT2D eigenvalue weighted by Gasteiger charge is 2.30. The minimum Gasteiger partial charge on any atom is -0.303 e. The van der Waals surface area contributed by atoms with Gasteiger partial charge in [-0.15, -0.1) is 0 Å². The van der Waals surface area contributed by atoms with Crippen LogP contribution in [0.5, 0.6) is 0 Å². The maximum atomic E-state index is 12.0. The Morgan fingerprint density at radius 2 is 1.88 bits per heavy atom. The summed E-state index contributed by atoms with van der Waals surface area (Å²) in [5, 5.41) is 12.1. The summed E-state index contributed by atoms with van der Waals surface area (Å²) in [6.07, 6.45) is -5.00. The van der Waals surface area contributed by atoms with Crippen molar-refractivity contribution in [1.29, 1.82) is 5.26 Å². The summed E-state index contributed by atoms with van der Waals surface area (Å²) >= 11 is 0. The Hall–Kier alpha value is -0.800. The van der Waals surface area contributed by atoms with Gasteiger partial charge in [-0.1, -0.05) is 0 Å². The SMILES string of the molecule is CC(C)NC(C)(C#N)CN(C)CCC(F)(F)F. The van der Waals surface area contributed by atoms with E-state index in [1.165, 1.54) is 4.90 Å². The van der Waals surface area contributed by atoms with Crippen molar-refractivity contribution in [2.45, 2.75) is 44.9 Å². The van der Waals surface area contributed by atoms with E-state index in [-0.39, 0.29) is 19.1 Å². The number of nitriles is 1. The van der Waals surface area contributed by atoms with E-state index in [0.29, 0.717) is 0 Å². The first-order valence-corrected chi connectivity index (χ1v) is 5.52. The van der Waals surface area contributed by atoms with Crippen molar-refractivity contribution in [3.05, 3.63) is 0 Å². The summed E-state index contributed by atoms with van der Waals surface area (Å²) in [4.78, 5) is 1.52. The van der Waals surface area contributed by atoms with E-state index in [1.54, 1.807) is 14.0 Å². The number of likely N-dealkylation sites (N-methyl/N-ethyl adjacent to an activating group) is 1. The van der Waals surface area contributed by atoms with E-state index in [0.717, 1.165) is 0 Å². The summed E-state index contributed by atoms with van der Waals surface area (Å²) in [7, 11) is 1.59. The lowest BCUT2D eigenvalue weighted by molar-refractivity contribution is -0.137. The molecule has 0 aliphatic heterocycles. The van der Waals surface area contributed by atoms with Gasteiger partial charge in [0.15, 0.2) is 0 Å². The zero-order chi connectivity index (χ0) is 13.7. The first kappa shape index (κ1) is 16.2. The Bertz CT molecular complexity index is 270. The topological polar surface area (TPSA) is 39.1 Å². The lowest BCUT2D eigenvalue weighted by atomic mass is 10.0. The molecule has 1 unspecified atom stereocenters. The molecule has 17 heavy (non-hydrogen) atoms. The monoisotopic (exact) mass is 251 g/mol. The molecule has 3 nitrogen and oxygen atoms in total. The molecule has 6 heteroatoms. The van der Waals surface area contributed by atoms with Crippen molar-refractivity contribution in [2.75, 3.05) is 20.1 Å². The third-order valence-corrected chi connectivity index (χ3v) is 2.22. The van der Waals surface area contributed by atoms with Gasteiger partial charge >= 0.3 is 6.18 Å². The average molecular weight is 251 g/mol. The molecule has 100 valence electrons. The highest BCUT2D eigenvalue weighted by Crippen LogP contribution is 2.19. The first-order chi connectivity index (χ1) is 7.58. The van der Waals surface area contributed by atoms with Crippen LogP contribution in [-0.2, 0) is 0 Å². The fourth-order valence-corrected chi connectivity index (χ4v) is 1.69. The van der Waals surface area contributed by atoms with Crippen LogP contribution in [0.1, 0.15) is 27.2 Å². The lowest BCUT2D eigenvalue weighted by Crippen LogP contribution is -2.52. The third-order valence-electron chi connectivity index (χ3n) is 2.22. The summed E-state index contributed by atoms with van der Waals surface area (Å²) < 4.78 is 36.1. The second-order valence-corrected chi connectivity index (χ2v) is 4.85. The Morgan fingerprint density at radius 1 is 1.35 bits per heavy atom. The fourth-order valence-electron chi connectivity index (χ4n) is 1.69. The van der Waals surface area contributed by atoms with Crippen LogP contribution in [0, 0.1) is 11.3 Å². The zero-order valence-corrected chi connectivity index (χ0v) is 10.7. The molecule has 0 aromatic rings. The molecule has 0 rings (SSSR count). The number of nitrogens with one attached hydrogen (secondary N) is 1. The molecular weight excluding hydrogens is 231 g/mol. The van der Waals surface area contributed by atoms with Crippen molar-refractivity contribution < 1.29 is 13.2 Å². The van der Waals surface area contributed by atoms with Gasteiger partial charge in [-0.05, 0) is 27.8 Å². The minimum absolute atomic E-state index is 0.0967. The zero-order valence-electron chi connectivity index (χ0n) is 10.7. The highest BCUT2D eigenvalue weighted by atomic mass is 19.4. The minimum atomic E-state index is -4.15. The van der Waals surface area contributed by atoms with Gasteiger partial charge in [0.05, 0.1) is 12.5 Å². The van der Waals surface area contributed by atoms with Crippen molar-refractivity contribution in [2.24, 2.45) is 0 Å². The van der Waals surface area contributed by atoms with E-state index < -0.39 is 18.1 Å². The largest absolute Gasteiger partial charge is 0.390 e. The molecule has 0 spiro atoms. The molecule has 0 aliphatic carbocycles. The molecule has 0 saturated heterocycles. The Balaban J connectivity index is 4.25. The van der Waals surface area contributed by atoms with E-state index in [2.05, 4.69) is 11.4 Å². The van der Waals surface area contributed by atoms with Crippen LogP contribution in [-0.4, -0.2) is 42.8 Å². The Morgan fingerprint density at radius 3 is 2.24 bits per heavy atom. The fraction of sp³-hybridized carbons (Fsp3) is 0.909.